The lowest BCUT2D eigenvalue weighted by Crippen LogP contribution is -1.94. The smallest absolute Gasteiger partial charge is 0.189 e. The predicted octanol–water partition coefficient (Wildman–Crippen LogP) is 3.77. The third-order valence-electron chi connectivity index (χ3n) is 2.85. The maximum Gasteiger partial charge on any atom is 0.189 e. The first-order valence-electron chi connectivity index (χ1n) is 6.09. The molecule has 2 aromatic rings. The van der Waals surface area contributed by atoms with Gasteiger partial charge in [-0.25, -0.2) is 0 Å². The van der Waals surface area contributed by atoms with Crippen LogP contribution >= 0.6 is 15.9 Å². The van der Waals surface area contributed by atoms with Gasteiger partial charge in [-0.3, -0.25) is 4.79 Å². The molecule has 0 bridgehead atoms. The van der Waals surface area contributed by atoms with Crippen molar-refractivity contribution in [2.24, 2.45) is 0 Å². The second-order valence-electron chi connectivity index (χ2n) is 4.29. The summed E-state index contributed by atoms with van der Waals surface area (Å²) in [5, 5.41) is 18.8. The van der Waals surface area contributed by atoms with Crippen molar-refractivity contribution < 1.29 is 19.7 Å². The summed E-state index contributed by atoms with van der Waals surface area (Å²) in [5.41, 5.74) is 0.950. The molecule has 0 heterocycles. The quantitative estimate of drug-likeness (QED) is 0.652. The molecule has 2 N–H and O–H groups in total. The summed E-state index contributed by atoms with van der Waals surface area (Å²) in [5.74, 6) is 0.0155. The van der Waals surface area contributed by atoms with Crippen molar-refractivity contribution >= 4 is 27.8 Å². The van der Waals surface area contributed by atoms with E-state index < -0.39 is 0 Å². The van der Waals surface area contributed by atoms with Crippen LogP contribution in [0, 0.1) is 0 Å². The van der Waals surface area contributed by atoms with Crippen molar-refractivity contribution in [3.05, 3.63) is 58.1 Å². The Bertz CT molecular complexity index is 707. The van der Waals surface area contributed by atoms with E-state index in [0.717, 1.165) is 16.1 Å². The van der Waals surface area contributed by atoms with Gasteiger partial charge in [0.2, 0.25) is 0 Å². The first-order valence-corrected chi connectivity index (χ1v) is 6.88. The zero-order valence-corrected chi connectivity index (χ0v) is 12.8. The molecule has 5 heteroatoms. The summed E-state index contributed by atoms with van der Waals surface area (Å²) >= 11 is 3.37. The zero-order chi connectivity index (χ0) is 15.4. The van der Waals surface area contributed by atoms with Crippen molar-refractivity contribution in [1.82, 2.24) is 0 Å². The SMILES string of the molecule is COc1ccc(/C=C/C(=O)c2ccc(O)cc2O)cc1Br. The number of carbonyl (C=O) groups is 1. The van der Waals surface area contributed by atoms with Crippen LogP contribution in [-0.2, 0) is 0 Å². The fourth-order valence-electron chi connectivity index (χ4n) is 1.78. The van der Waals surface area contributed by atoms with Crippen LogP contribution in [0.2, 0.25) is 0 Å². The van der Waals surface area contributed by atoms with Gasteiger partial charge in [0.25, 0.3) is 0 Å². The highest BCUT2D eigenvalue weighted by molar-refractivity contribution is 9.10. The minimum Gasteiger partial charge on any atom is -0.508 e. The lowest BCUT2D eigenvalue weighted by atomic mass is 10.1. The number of rotatable bonds is 4. The van der Waals surface area contributed by atoms with Crippen LogP contribution < -0.4 is 4.74 Å². The Morgan fingerprint density at radius 1 is 1.19 bits per heavy atom. The molecule has 0 unspecified atom stereocenters. The molecule has 0 aliphatic rings. The third-order valence-corrected chi connectivity index (χ3v) is 3.47. The van der Waals surface area contributed by atoms with Crippen molar-refractivity contribution in [2.45, 2.75) is 0 Å². The van der Waals surface area contributed by atoms with E-state index in [0.29, 0.717) is 5.75 Å². The lowest BCUT2D eigenvalue weighted by Gasteiger charge is -2.03. The van der Waals surface area contributed by atoms with Gasteiger partial charge in [-0.2, -0.15) is 0 Å². The number of hydrogen-bond donors (Lipinski definition) is 2. The molecule has 0 saturated carbocycles. The number of ketones is 1. The van der Waals surface area contributed by atoms with E-state index in [-0.39, 0.29) is 22.8 Å². The lowest BCUT2D eigenvalue weighted by molar-refractivity contribution is 0.104. The van der Waals surface area contributed by atoms with E-state index >= 15 is 0 Å². The van der Waals surface area contributed by atoms with E-state index in [1.807, 2.05) is 12.1 Å². The summed E-state index contributed by atoms with van der Waals surface area (Å²) in [6.45, 7) is 0. The molecule has 108 valence electrons. The number of carbonyl (C=O) groups excluding carboxylic acids is 1. The Morgan fingerprint density at radius 3 is 2.57 bits per heavy atom. The third kappa shape index (κ3) is 3.64. The van der Waals surface area contributed by atoms with Crippen LogP contribution in [0.25, 0.3) is 6.08 Å². The van der Waals surface area contributed by atoms with Gasteiger partial charge < -0.3 is 14.9 Å². The van der Waals surface area contributed by atoms with Gasteiger partial charge in [0.05, 0.1) is 17.1 Å². The normalized spacial score (nSPS) is 10.8. The Morgan fingerprint density at radius 2 is 1.95 bits per heavy atom. The van der Waals surface area contributed by atoms with E-state index in [2.05, 4.69) is 15.9 Å². The Hall–Kier alpha value is -2.27. The maximum atomic E-state index is 12.0. The molecule has 0 radical (unpaired) electrons. The zero-order valence-electron chi connectivity index (χ0n) is 11.2. The highest BCUT2D eigenvalue weighted by Gasteiger charge is 2.08. The fourth-order valence-corrected chi connectivity index (χ4v) is 2.33. The summed E-state index contributed by atoms with van der Waals surface area (Å²) in [4.78, 5) is 12.0. The molecule has 0 spiro atoms. The standard InChI is InChI=1S/C16H13BrO4/c1-21-16-7-3-10(8-13(16)17)2-6-14(19)12-5-4-11(18)9-15(12)20/h2-9,18,20H,1H3/b6-2+. The molecule has 0 aliphatic heterocycles. The van der Waals surface area contributed by atoms with E-state index in [9.17, 15) is 15.0 Å². The summed E-state index contributed by atoms with van der Waals surface area (Å²) in [6.07, 6.45) is 3.00. The first-order chi connectivity index (χ1) is 10.0. The van der Waals surface area contributed by atoms with Gasteiger partial charge in [0, 0.05) is 6.07 Å². The first kappa shape index (κ1) is 15.1. The van der Waals surface area contributed by atoms with E-state index in [1.54, 1.807) is 19.3 Å². The number of ether oxygens (including phenoxy) is 1. The molecule has 0 amide bonds. The summed E-state index contributed by atoms with van der Waals surface area (Å²) in [7, 11) is 1.58. The van der Waals surface area contributed by atoms with Gasteiger partial charge in [0.15, 0.2) is 5.78 Å². The van der Waals surface area contributed by atoms with E-state index in [1.165, 1.54) is 18.2 Å². The van der Waals surface area contributed by atoms with Crippen molar-refractivity contribution in [1.29, 1.82) is 0 Å². The number of aromatic hydroxyl groups is 2. The monoisotopic (exact) mass is 348 g/mol. The molecule has 0 aliphatic carbocycles. The van der Waals surface area contributed by atoms with Crippen LogP contribution in [0.3, 0.4) is 0 Å². The van der Waals surface area contributed by atoms with Crippen molar-refractivity contribution in [2.75, 3.05) is 7.11 Å². The predicted molar refractivity (Wildman–Crippen MR) is 83.8 cm³/mol. The van der Waals surface area contributed by atoms with Crippen LogP contribution in [0.5, 0.6) is 17.2 Å². The van der Waals surface area contributed by atoms with Gasteiger partial charge in [0.1, 0.15) is 17.2 Å². The van der Waals surface area contributed by atoms with Crippen LogP contribution in [-0.4, -0.2) is 23.1 Å². The van der Waals surface area contributed by atoms with Crippen LogP contribution in [0.1, 0.15) is 15.9 Å². The molecule has 0 aromatic heterocycles. The topological polar surface area (TPSA) is 66.8 Å². The number of hydrogen-bond acceptors (Lipinski definition) is 4. The number of benzene rings is 2. The maximum absolute atomic E-state index is 12.0. The summed E-state index contributed by atoms with van der Waals surface area (Å²) < 4.78 is 5.91. The van der Waals surface area contributed by atoms with Gasteiger partial charge in [-0.15, -0.1) is 0 Å². The molecule has 4 nitrogen and oxygen atoms in total. The Balaban J connectivity index is 2.20. The molecular weight excluding hydrogens is 336 g/mol. The molecular formula is C16H13BrO4. The minimum absolute atomic E-state index is 0.0906. The van der Waals surface area contributed by atoms with Crippen LogP contribution in [0.15, 0.2) is 46.9 Å². The number of methoxy groups -OCH3 is 1. The highest BCUT2D eigenvalue weighted by Crippen LogP contribution is 2.26. The second-order valence-corrected chi connectivity index (χ2v) is 5.15. The molecule has 2 rings (SSSR count). The van der Waals surface area contributed by atoms with Crippen molar-refractivity contribution in [3.8, 4) is 17.2 Å². The molecule has 21 heavy (non-hydrogen) atoms. The Labute approximate surface area is 130 Å². The number of phenols is 2. The number of allylic oxidation sites excluding steroid dienone is 1. The second kappa shape index (κ2) is 6.45. The number of phenolic OH excluding ortho intramolecular Hbond substituents is 2. The average molecular weight is 349 g/mol. The van der Waals surface area contributed by atoms with Gasteiger partial charge in [-0.1, -0.05) is 12.1 Å². The van der Waals surface area contributed by atoms with Crippen LogP contribution in [0.4, 0.5) is 0 Å². The summed E-state index contributed by atoms with van der Waals surface area (Å²) in [6, 6.07) is 9.27. The van der Waals surface area contributed by atoms with Crippen molar-refractivity contribution in [3.63, 3.8) is 0 Å². The molecule has 0 saturated heterocycles. The Kier molecular flexibility index (Phi) is 4.65. The average Bonchev–Trinajstić information content (AvgIpc) is 2.45. The fraction of sp³-hybridized carbons (Fsp3) is 0.0625. The van der Waals surface area contributed by atoms with Gasteiger partial charge >= 0.3 is 0 Å². The van der Waals surface area contributed by atoms with Gasteiger partial charge in [-0.05, 0) is 51.8 Å². The number of halogens is 1. The molecule has 2 aromatic carbocycles. The molecule has 0 atom stereocenters. The van der Waals surface area contributed by atoms with E-state index in [4.69, 9.17) is 4.74 Å². The highest BCUT2D eigenvalue weighted by atomic mass is 79.9. The molecule has 0 fully saturated rings. The largest absolute Gasteiger partial charge is 0.508 e. The minimum atomic E-state index is -0.348.